The van der Waals surface area contributed by atoms with Crippen LogP contribution >= 0.6 is 0 Å². The molecule has 1 aromatic heterocycles. The molecule has 2 rings (SSSR count). The van der Waals surface area contributed by atoms with Crippen molar-refractivity contribution in [3.63, 3.8) is 0 Å². The SMILES string of the molecule is O=C(O)C[C@@H](Cc1c[nH]c2ccccc12)NC(=O)C(F)(F)F. The van der Waals surface area contributed by atoms with Gasteiger partial charge in [0.25, 0.3) is 0 Å². The van der Waals surface area contributed by atoms with Gasteiger partial charge in [-0.25, -0.2) is 0 Å². The monoisotopic (exact) mass is 314 g/mol. The Morgan fingerprint density at radius 1 is 1.27 bits per heavy atom. The molecular formula is C14H13F3N2O3. The van der Waals surface area contributed by atoms with Crippen LogP contribution in [-0.2, 0) is 16.0 Å². The number of alkyl halides is 3. The molecule has 0 spiro atoms. The average molecular weight is 314 g/mol. The molecule has 0 saturated heterocycles. The lowest BCUT2D eigenvalue weighted by Gasteiger charge is -2.17. The topological polar surface area (TPSA) is 82.2 Å². The number of H-pyrrole nitrogens is 1. The summed E-state index contributed by atoms with van der Waals surface area (Å²) in [5, 5.41) is 11.3. The van der Waals surface area contributed by atoms with E-state index in [4.69, 9.17) is 5.11 Å². The smallest absolute Gasteiger partial charge is 0.471 e. The zero-order chi connectivity index (χ0) is 16.3. The number of para-hydroxylation sites is 1. The number of hydrogen-bond donors (Lipinski definition) is 3. The normalized spacial score (nSPS) is 13.0. The van der Waals surface area contributed by atoms with Gasteiger partial charge >= 0.3 is 18.1 Å². The molecule has 8 heteroatoms. The van der Waals surface area contributed by atoms with Gasteiger partial charge in [-0.3, -0.25) is 9.59 Å². The fourth-order valence-electron chi connectivity index (χ4n) is 2.22. The third kappa shape index (κ3) is 3.78. The largest absolute Gasteiger partial charge is 0.481 e. The molecule has 0 aliphatic heterocycles. The van der Waals surface area contributed by atoms with E-state index in [0.29, 0.717) is 5.56 Å². The highest BCUT2D eigenvalue weighted by Gasteiger charge is 2.40. The molecule has 1 amide bonds. The van der Waals surface area contributed by atoms with E-state index in [-0.39, 0.29) is 6.42 Å². The van der Waals surface area contributed by atoms with Gasteiger partial charge in [0.15, 0.2) is 0 Å². The van der Waals surface area contributed by atoms with Crippen LogP contribution in [0.15, 0.2) is 30.5 Å². The van der Waals surface area contributed by atoms with Crippen molar-refractivity contribution in [2.75, 3.05) is 0 Å². The number of aromatic amines is 1. The van der Waals surface area contributed by atoms with E-state index >= 15 is 0 Å². The molecule has 22 heavy (non-hydrogen) atoms. The summed E-state index contributed by atoms with van der Waals surface area (Å²) in [4.78, 5) is 24.8. The average Bonchev–Trinajstić information content (AvgIpc) is 2.80. The lowest BCUT2D eigenvalue weighted by molar-refractivity contribution is -0.174. The Morgan fingerprint density at radius 3 is 2.59 bits per heavy atom. The van der Waals surface area contributed by atoms with Gasteiger partial charge in [-0.2, -0.15) is 13.2 Å². The molecule has 0 bridgehead atoms. The number of benzene rings is 1. The fourth-order valence-corrected chi connectivity index (χ4v) is 2.22. The van der Waals surface area contributed by atoms with Crippen molar-refractivity contribution in [2.24, 2.45) is 0 Å². The highest BCUT2D eigenvalue weighted by atomic mass is 19.4. The van der Waals surface area contributed by atoms with Gasteiger partial charge in [-0.15, -0.1) is 0 Å². The molecule has 118 valence electrons. The van der Waals surface area contributed by atoms with Crippen LogP contribution in [0.4, 0.5) is 13.2 Å². The summed E-state index contributed by atoms with van der Waals surface area (Å²) in [6.07, 6.45) is -4.06. The minimum atomic E-state index is -5.04. The number of carbonyl (C=O) groups is 2. The first-order chi connectivity index (χ1) is 10.3. The minimum Gasteiger partial charge on any atom is -0.481 e. The maximum Gasteiger partial charge on any atom is 0.471 e. The van der Waals surface area contributed by atoms with Crippen molar-refractivity contribution in [2.45, 2.75) is 25.1 Å². The van der Waals surface area contributed by atoms with Crippen molar-refractivity contribution >= 4 is 22.8 Å². The number of carboxylic acid groups (broad SMARTS) is 1. The molecule has 3 N–H and O–H groups in total. The first-order valence-electron chi connectivity index (χ1n) is 6.42. The van der Waals surface area contributed by atoms with Crippen LogP contribution in [0, 0.1) is 0 Å². The Kier molecular flexibility index (Phi) is 4.39. The first kappa shape index (κ1) is 15.9. The van der Waals surface area contributed by atoms with Gasteiger partial charge in [0.05, 0.1) is 6.42 Å². The lowest BCUT2D eigenvalue weighted by atomic mass is 10.0. The Morgan fingerprint density at radius 2 is 1.95 bits per heavy atom. The quantitative estimate of drug-likeness (QED) is 0.791. The van der Waals surface area contributed by atoms with E-state index in [1.54, 1.807) is 35.8 Å². The van der Waals surface area contributed by atoms with Crippen molar-refractivity contribution in [1.82, 2.24) is 10.3 Å². The van der Waals surface area contributed by atoms with Gasteiger partial charge in [0.2, 0.25) is 0 Å². The summed E-state index contributed by atoms with van der Waals surface area (Å²) < 4.78 is 36.9. The fraction of sp³-hybridized carbons (Fsp3) is 0.286. The summed E-state index contributed by atoms with van der Waals surface area (Å²) >= 11 is 0. The second-order valence-corrected chi connectivity index (χ2v) is 4.83. The number of aromatic nitrogens is 1. The molecule has 1 aromatic carbocycles. The number of amides is 1. The number of hydrogen-bond acceptors (Lipinski definition) is 2. The van der Waals surface area contributed by atoms with Gasteiger partial charge < -0.3 is 15.4 Å². The standard InChI is InChI=1S/C14H13F3N2O3/c15-14(16,17)13(22)19-9(6-12(20)21)5-8-7-18-11-4-2-1-3-10(8)11/h1-4,7,9,18H,5-6H2,(H,19,22)(H,20,21)/t9-/m1/s1. The second kappa shape index (κ2) is 6.08. The molecule has 0 unspecified atom stereocenters. The Labute approximate surface area is 123 Å². The van der Waals surface area contributed by atoms with Crippen LogP contribution in [0.1, 0.15) is 12.0 Å². The van der Waals surface area contributed by atoms with Crippen LogP contribution in [0.2, 0.25) is 0 Å². The van der Waals surface area contributed by atoms with E-state index in [2.05, 4.69) is 4.98 Å². The van der Waals surface area contributed by atoms with Gasteiger partial charge in [-0.05, 0) is 18.1 Å². The Hall–Kier alpha value is -2.51. The molecule has 0 saturated carbocycles. The number of carbonyl (C=O) groups excluding carboxylic acids is 1. The summed E-state index contributed by atoms with van der Waals surface area (Å²) in [6.45, 7) is 0. The number of nitrogens with one attached hydrogen (secondary N) is 2. The number of fused-ring (bicyclic) bond motifs is 1. The zero-order valence-electron chi connectivity index (χ0n) is 11.3. The summed E-state index contributed by atoms with van der Waals surface area (Å²) in [7, 11) is 0. The van der Waals surface area contributed by atoms with Crippen LogP contribution < -0.4 is 5.32 Å². The molecule has 5 nitrogen and oxygen atoms in total. The molecule has 1 atom stereocenters. The molecule has 0 aliphatic rings. The number of halogens is 3. The zero-order valence-corrected chi connectivity index (χ0v) is 11.3. The van der Waals surface area contributed by atoms with Crippen molar-refractivity contribution in [3.8, 4) is 0 Å². The van der Waals surface area contributed by atoms with Gasteiger partial charge in [0.1, 0.15) is 0 Å². The van der Waals surface area contributed by atoms with Crippen molar-refractivity contribution in [1.29, 1.82) is 0 Å². The maximum absolute atomic E-state index is 12.3. The molecule has 0 radical (unpaired) electrons. The number of rotatable bonds is 5. The van der Waals surface area contributed by atoms with E-state index in [1.165, 1.54) is 0 Å². The van der Waals surface area contributed by atoms with Gasteiger partial charge in [0, 0.05) is 23.1 Å². The Bertz CT molecular complexity index is 694. The van der Waals surface area contributed by atoms with E-state index in [0.717, 1.165) is 10.9 Å². The van der Waals surface area contributed by atoms with E-state index < -0.39 is 30.5 Å². The molecular weight excluding hydrogens is 301 g/mol. The third-order valence-corrected chi connectivity index (χ3v) is 3.15. The summed E-state index contributed by atoms with van der Waals surface area (Å²) in [6, 6.07) is 5.97. The van der Waals surface area contributed by atoms with Crippen LogP contribution in [0.3, 0.4) is 0 Å². The maximum atomic E-state index is 12.3. The number of carboxylic acids is 1. The predicted octanol–water partition coefficient (Wildman–Crippen LogP) is 2.23. The molecule has 0 aliphatic carbocycles. The second-order valence-electron chi connectivity index (χ2n) is 4.83. The van der Waals surface area contributed by atoms with Crippen LogP contribution in [-0.4, -0.2) is 34.2 Å². The molecule has 0 fully saturated rings. The summed E-state index contributed by atoms with van der Waals surface area (Å²) in [5.41, 5.74) is 1.43. The summed E-state index contributed by atoms with van der Waals surface area (Å²) in [5.74, 6) is -3.43. The predicted molar refractivity (Wildman–Crippen MR) is 72.2 cm³/mol. The van der Waals surface area contributed by atoms with E-state index in [1.807, 2.05) is 0 Å². The minimum absolute atomic E-state index is 0.0157. The Balaban J connectivity index is 2.19. The van der Waals surface area contributed by atoms with Crippen LogP contribution in [0.5, 0.6) is 0 Å². The molecule has 2 aromatic rings. The molecule has 1 heterocycles. The third-order valence-electron chi connectivity index (χ3n) is 3.15. The highest BCUT2D eigenvalue weighted by Crippen LogP contribution is 2.21. The lowest BCUT2D eigenvalue weighted by Crippen LogP contribution is -2.45. The van der Waals surface area contributed by atoms with Crippen LogP contribution in [0.25, 0.3) is 10.9 Å². The van der Waals surface area contributed by atoms with E-state index in [9.17, 15) is 22.8 Å². The van der Waals surface area contributed by atoms with Gasteiger partial charge in [-0.1, -0.05) is 18.2 Å². The van der Waals surface area contributed by atoms with Crippen molar-refractivity contribution in [3.05, 3.63) is 36.0 Å². The van der Waals surface area contributed by atoms with Crippen molar-refractivity contribution < 1.29 is 27.9 Å². The highest BCUT2D eigenvalue weighted by molar-refractivity contribution is 5.84. The first-order valence-corrected chi connectivity index (χ1v) is 6.42. The number of aliphatic carboxylic acids is 1.